The van der Waals surface area contributed by atoms with Gasteiger partial charge in [-0.25, -0.2) is 4.39 Å². The Balaban J connectivity index is 1.29. The summed E-state index contributed by atoms with van der Waals surface area (Å²) in [5.74, 6) is -0.0481. The highest BCUT2D eigenvalue weighted by Gasteiger charge is 2.26. The summed E-state index contributed by atoms with van der Waals surface area (Å²) in [4.78, 5) is 19.1. The Labute approximate surface area is 173 Å². The molecule has 2 aromatic carbocycles. The summed E-state index contributed by atoms with van der Waals surface area (Å²) in [6.07, 6.45) is 1.35. The predicted molar refractivity (Wildman–Crippen MR) is 109 cm³/mol. The second-order valence-electron chi connectivity index (χ2n) is 7.58. The summed E-state index contributed by atoms with van der Waals surface area (Å²) in [5.41, 5.74) is 2.28. The average Bonchev–Trinajstić information content (AvgIpc) is 3.19. The number of aromatic hydroxyl groups is 1. The fourth-order valence-electron chi connectivity index (χ4n) is 3.53. The molecule has 1 aromatic heterocycles. The number of benzene rings is 2. The molecule has 4 rings (SSSR count). The smallest absolute Gasteiger partial charge is 0.257 e. The van der Waals surface area contributed by atoms with Crippen molar-refractivity contribution in [3.05, 3.63) is 59.7 Å². The molecule has 8 heteroatoms. The van der Waals surface area contributed by atoms with E-state index in [2.05, 4.69) is 20.4 Å². The molecule has 1 aliphatic rings. The third-order valence-corrected chi connectivity index (χ3v) is 5.31. The number of aryl methyl sites for hydroxylation is 1. The number of hydrogen-bond acceptors (Lipinski definition) is 6. The van der Waals surface area contributed by atoms with Crippen molar-refractivity contribution in [3.8, 4) is 17.2 Å². The van der Waals surface area contributed by atoms with E-state index in [9.17, 15) is 14.3 Å². The number of rotatable bonds is 5. The molecule has 0 radical (unpaired) electrons. The predicted octanol–water partition coefficient (Wildman–Crippen LogP) is 3.74. The van der Waals surface area contributed by atoms with Crippen LogP contribution < -0.4 is 5.32 Å². The van der Waals surface area contributed by atoms with Crippen molar-refractivity contribution in [2.75, 3.05) is 18.4 Å². The number of nitrogens with zero attached hydrogens (tertiary/aromatic N) is 3. The molecule has 0 atom stereocenters. The maximum Gasteiger partial charge on any atom is 0.257 e. The van der Waals surface area contributed by atoms with Crippen LogP contribution in [0.25, 0.3) is 11.5 Å². The molecule has 1 aliphatic heterocycles. The van der Waals surface area contributed by atoms with Gasteiger partial charge in [0, 0.05) is 17.5 Å². The molecule has 156 valence electrons. The van der Waals surface area contributed by atoms with Crippen LogP contribution in [0.15, 0.2) is 47.0 Å². The van der Waals surface area contributed by atoms with E-state index >= 15 is 0 Å². The lowest BCUT2D eigenvalue weighted by Gasteiger charge is -2.30. The molecule has 0 bridgehead atoms. The molecule has 30 heavy (non-hydrogen) atoms. The molecule has 3 aromatic rings. The Morgan fingerprint density at radius 2 is 1.97 bits per heavy atom. The minimum Gasteiger partial charge on any atom is -0.506 e. The average molecular weight is 410 g/mol. The first-order valence-electron chi connectivity index (χ1n) is 9.89. The number of halogens is 1. The molecule has 7 nitrogen and oxygen atoms in total. The number of likely N-dealkylation sites (tertiary alicyclic amines) is 1. The van der Waals surface area contributed by atoms with Gasteiger partial charge in [0.1, 0.15) is 11.6 Å². The van der Waals surface area contributed by atoms with Gasteiger partial charge in [-0.1, -0.05) is 22.9 Å². The van der Waals surface area contributed by atoms with E-state index in [1.807, 2.05) is 31.2 Å². The van der Waals surface area contributed by atoms with Crippen LogP contribution >= 0.6 is 0 Å². The molecular weight excluding hydrogens is 387 g/mol. The van der Waals surface area contributed by atoms with Crippen molar-refractivity contribution < 1.29 is 18.8 Å². The van der Waals surface area contributed by atoms with Crippen LogP contribution in [0, 0.1) is 18.7 Å². The molecule has 0 saturated carbocycles. The first-order chi connectivity index (χ1) is 14.5. The quantitative estimate of drug-likeness (QED) is 0.623. The van der Waals surface area contributed by atoms with Crippen LogP contribution in [-0.4, -0.2) is 39.1 Å². The Morgan fingerprint density at radius 3 is 2.67 bits per heavy atom. The lowest BCUT2D eigenvalue weighted by atomic mass is 9.95. The van der Waals surface area contributed by atoms with Crippen LogP contribution in [0.3, 0.4) is 0 Å². The van der Waals surface area contributed by atoms with Crippen molar-refractivity contribution in [1.82, 2.24) is 15.0 Å². The van der Waals surface area contributed by atoms with E-state index < -0.39 is 5.82 Å². The Kier molecular flexibility index (Phi) is 5.76. The third kappa shape index (κ3) is 4.65. The largest absolute Gasteiger partial charge is 0.506 e. The fourth-order valence-corrected chi connectivity index (χ4v) is 3.53. The molecule has 1 fully saturated rings. The first-order valence-corrected chi connectivity index (χ1v) is 9.89. The maximum absolute atomic E-state index is 13.1. The van der Waals surface area contributed by atoms with Crippen LogP contribution in [0.2, 0.25) is 0 Å². The van der Waals surface area contributed by atoms with Gasteiger partial charge in [0.15, 0.2) is 5.82 Å². The van der Waals surface area contributed by atoms with Gasteiger partial charge in [0.05, 0.1) is 12.2 Å². The molecule has 2 N–H and O–H groups in total. The number of phenols is 1. The topological polar surface area (TPSA) is 91.5 Å². The molecule has 0 aliphatic carbocycles. The van der Waals surface area contributed by atoms with Crippen LogP contribution in [-0.2, 0) is 11.3 Å². The van der Waals surface area contributed by atoms with Crippen molar-refractivity contribution in [2.24, 2.45) is 5.92 Å². The number of hydrogen-bond donors (Lipinski definition) is 2. The standard InChI is InChI=1S/C22H23FN4O3/c1-14-2-4-16(5-3-14)22-25-20(26-30-22)13-27-10-8-15(9-11-27)21(29)24-18-7-6-17(23)12-19(18)28/h2-7,12,15,28H,8-11,13H2,1H3,(H,24,29). The molecule has 1 saturated heterocycles. The molecular formula is C22H23FN4O3. The number of carbonyl (C=O) groups excluding carboxylic acids is 1. The SMILES string of the molecule is Cc1ccc(-c2nc(CN3CCC(C(=O)Nc4ccc(F)cc4O)CC3)no2)cc1. The summed E-state index contributed by atoms with van der Waals surface area (Å²) in [5, 5.41) is 16.5. The van der Waals surface area contributed by atoms with Crippen LogP contribution in [0.4, 0.5) is 10.1 Å². The number of nitrogens with one attached hydrogen (secondary N) is 1. The fraction of sp³-hybridized carbons (Fsp3) is 0.318. The number of piperidine rings is 1. The second kappa shape index (κ2) is 8.62. The van der Waals surface area contributed by atoms with E-state index in [0.717, 1.165) is 24.7 Å². The second-order valence-corrected chi connectivity index (χ2v) is 7.58. The van der Waals surface area contributed by atoms with Gasteiger partial charge in [-0.3, -0.25) is 9.69 Å². The molecule has 0 unspecified atom stereocenters. The zero-order chi connectivity index (χ0) is 21.1. The maximum atomic E-state index is 13.1. The highest BCUT2D eigenvalue weighted by molar-refractivity contribution is 5.93. The number of anilines is 1. The van der Waals surface area contributed by atoms with Gasteiger partial charge in [-0.15, -0.1) is 0 Å². The summed E-state index contributed by atoms with van der Waals surface area (Å²) in [6, 6.07) is 11.5. The Hall–Kier alpha value is -3.26. The summed E-state index contributed by atoms with van der Waals surface area (Å²) < 4.78 is 18.5. The van der Waals surface area contributed by atoms with Crippen LogP contribution in [0.5, 0.6) is 5.75 Å². The van der Waals surface area contributed by atoms with Crippen molar-refractivity contribution >= 4 is 11.6 Å². The third-order valence-electron chi connectivity index (χ3n) is 5.31. The Bertz CT molecular complexity index is 1030. The van der Waals surface area contributed by atoms with Gasteiger partial charge < -0.3 is 14.9 Å². The Morgan fingerprint density at radius 1 is 1.23 bits per heavy atom. The zero-order valence-corrected chi connectivity index (χ0v) is 16.6. The first kappa shape index (κ1) is 20.0. The number of aromatic nitrogens is 2. The molecule has 1 amide bonds. The highest BCUT2D eigenvalue weighted by atomic mass is 19.1. The van der Waals surface area contributed by atoms with Gasteiger partial charge in [0.2, 0.25) is 5.91 Å². The minimum absolute atomic E-state index is 0.168. The zero-order valence-electron chi connectivity index (χ0n) is 16.6. The minimum atomic E-state index is -0.550. The van der Waals surface area contributed by atoms with E-state index in [4.69, 9.17) is 4.52 Å². The van der Waals surface area contributed by atoms with Crippen molar-refractivity contribution in [1.29, 1.82) is 0 Å². The van der Waals surface area contributed by atoms with Crippen molar-refractivity contribution in [3.63, 3.8) is 0 Å². The highest BCUT2D eigenvalue weighted by Crippen LogP contribution is 2.26. The van der Waals surface area contributed by atoms with Gasteiger partial charge in [-0.05, 0) is 57.1 Å². The van der Waals surface area contributed by atoms with E-state index in [1.165, 1.54) is 17.7 Å². The van der Waals surface area contributed by atoms with E-state index in [1.54, 1.807) is 0 Å². The van der Waals surface area contributed by atoms with Gasteiger partial charge in [0.25, 0.3) is 5.89 Å². The lowest BCUT2D eigenvalue weighted by Crippen LogP contribution is -2.38. The molecule has 0 spiro atoms. The van der Waals surface area contributed by atoms with E-state index in [-0.39, 0.29) is 23.3 Å². The van der Waals surface area contributed by atoms with Gasteiger partial charge >= 0.3 is 0 Å². The monoisotopic (exact) mass is 410 g/mol. The summed E-state index contributed by atoms with van der Waals surface area (Å²) in [6.45, 7) is 4.03. The lowest BCUT2D eigenvalue weighted by molar-refractivity contribution is -0.121. The number of carbonyl (C=O) groups is 1. The van der Waals surface area contributed by atoms with Crippen molar-refractivity contribution in [2.45, 2.75) is 26.3 Å². The van der Waals surface area contributed by atoms with E-state index in [0.29, 0.717) is 31.1 Å². The normalized spacial score (nSPS) is 15.3. The number of phenolic OH excluding ortho intramolecular Hbond substituents is 1. The number of amides is 1. The summed E-state index contributed by atoms with van der Waals surface area (Å²) >= 11 is 0. The molecule has 2 heterocycles. The van der Waals surface area contributed by atoms with Gasteiger partial charge in [-0.2, -0.15) is 4.98 Å². The van der Waals surface area contributed by atoms with Crippen LogP contribution in [0.1, 0.15) is 24.2 Å². The summed E-state index contributed by atoms with van der Waals surface area (Å²) in [7, 11) is 0.